The molecule has 1 amide bonds. The molecule has 0 unspecified atom stereocenters. The number of rotatable bonds is 4. The van der Waals surface area contributed by atoms with Crippen LogP contribution in [0.15, 0.2) is 24.3 Å². The average molecular weight is 283 g/mol. The smallest absolute Gasteiger partial charge is 0.222 e. The maximum atomic E-state index is 12.0. The van der Waals surface area contributed by atoms with Gasteiger partial charge in [-0.2, -0.15) is 0 Å². The number of aryl methyl sites for hydroxylation is 2. The van der Waals surface area contributed by atoms with E-state index in [9.17, 15) is 4.79 Å². The maximum Gasteiger partial charge on any atom is 0.222 e. The zero-order valence-corrected chi connectivity index (χ0v) is 12.3. The lowest BCUT2D eigenvalue weighted by Crippen LogP contribution is -2.46. The Morgan fingerprint density at radius 2 is 1.74 bits per heavy atom. The first-order valence-corrected chi connectivity index (χ1v) is 6.86. The van der Waals surface area contributed by atoms with Crippen LogP contribution in [0, 0.1) is 0 Å². The number of amides is 1. The molecule has 1 saturated heterocycles. The molecule has 0 atom stereocenters. The summed E-state index contributed by atoms with van der Waals surface area (Å²) in [7, 11) is 0. The highest BCUT2D eigenvalue weighted by molar-refractivity contribution is 5.85. The normalized spacial score (nSPS) is 14.9. The van der Waals surface area contributed by atoms with Crippen molar-refractivity contribution >= 4 is 18.3 Å². The monoisotopic (exact) mass is 282 g/mol. The zero-order valence-electron chi connectivity index (χ0n) is 11.5. The molecule has 1 heterocycles. The Morgan fingerprint density at radius 1 is 1.16 bits per heavy atom. The van der Waals surface area contributed by atoms with Gasteiger partial charge in [-0.1, -0.05) is 31.2 Å². The fourth-order valence-corrected chi connectivity index (χ4v) is 2.27. The third-order valence-electron chi connectivity index (χ3n) is 3.53. The van der Waals surface area contributed by atoms with Crippen LogP contribution in [-0.2, 0) is 17.6 Å². The molecule has 1 aromatic rings. The predicted octanol–water partition coefficient (Wildman–Crippen LogP) is 2.04. The molecular formula is C15H23ClN2O. The number of hydrogen-bond donors (Lipinski definition) is 1. The van der Waals surface area contributed by atoms with Gasteiger partial charge in [-0.05, 0) is 24.0 Å². The molecule has 2 rings (SSSR count). The standard InChI is InChI=1S/C15H22N2O.ClH/c1-2-13-3-5-14(6-4-13)7-8-15(18)17-11-9-16-10-12-17;/h3-6,16H,2,7-12H2,1H3;1H. The van der Waals surface area contributed by atoms with Crippen molar-refractivity contribution in [2.24, 2.45) is 0 Å². The van der Waals surface area contributed by atoms with Gasteiger partial charge in [-0.25, -0.2) is 0 Å². The van der Waals surface area contributed by atoms with Crippen molar-refractivity contribution < 1.29 is 4.79 Å². The molecule has 1 aliphatic rings. The number of piperazine rings is 1. The number of nitrogens with one attached hydrogen (secondary N) is 1. The molecule has 19 heavy (non-hydrogen) atoms. The van der Waals surface area contributed by atoms with Gasteiger partial charge in [0.15, 0.2) is 0 Å². The molecule has 0 radical (unpaired) electrons. The summed E-state index contributed by atoms with van der Waals surface area (Å²) in [5, 5.41) is 3.26. The number of carbonyl (C=O) groups is 1. The Hall–Kier alpha value is -1.06. The van der Waals surface area contributed by atoms with Crippen molar-refractivity contribution in [3.8, 4) is 0 Å². The van der Waals surface area contributed by atoms with Crippen LogP contribution < -0.4 is 5.32 Å². The second kappa shape index (κ2) is 8.18. The number of benzene rings is 1. The van der Waals surface area contributed by atoms with Crippen LogP contribution in [0.4, 0.5) is 0 Å². The van der Waals surface area contributed by atoms with E-state index in [1.807, 2.05) is 4.90 Å². The van der Waals surface area contributed by atoms with E-state index in [0.29, 0.717) is 6.42 Å². The minimum absolute atomic E-state index is 0. The number of nitrogens with zero attached hydrogens (tertiary/aromatic N) is 1. The van der Waals surface area contributed by atoms with Crippen molar-refractivity contribution in [3.05, 3.63) is 35.4 Å². The third-order valence-corrected chi connectivity index (χ3v) is 3.53. The van der Waals surface area contributed by atoms with Gasteiger partial charge in [-0.3, -0.25) is 4.79 Å². The lowest BCUT2D eigenvalue weighted by atomic mass is 10.1. The first-order valence-electron chi connectivity index (χ1n) is 6.86. The Labute approximate surface area is 121 Å². The van der Waals surface area contributed by atoms with Gasteiger partial charge in [-0.15, -0.1) is 12.4 Å². The highest BCUT2D eigenvalue weighted by Gasteiger charge is 2.15. The molecule has 0 aromatic heterocycles. The maximum absolute atomic E-state index is 12.0. The Bertz CT molecular complexity index is 386. The lowest BCUT2D eigenvalue weighted by Gasteiger charge is -2.27. The summed E-state index contributed by atoms with van der Waals surface area (Å²) >= 11 is 0. The van der Waals surface area contributed by atoms with Gasteiger partial charge in [0, 0.05) is 32.6 Å². The molecular weight excluding hydrogens is 260 g/mol. The molecule has 3 nitrogen and oxygen atoms in total. The summed E-state index contributed by atoms with van der Waals surface area (Å²) in [6.45, 7) is 5.72. The third kappa shape index (κ3) is 4.84. The first kappa shape index (κ1) is 16.0. The number of hydrogen-bond acceptors (Lipinski definition) is 2. The Balaban J connectivity index is 0.00000180. The van der Waals surface area contributed by atoms with Crippen LogP contribution in [0.3, 0.4) is 0 Å². The molecule has 0 aliphatic carbocycles. The van der Waals surface area contributed by atoms with E-state index in [1.54, 1.807) is 0 Å². The van der Waals surface area contributed by atoms with Crippen molar-refractivity contribution in [2.75, 3.05) is 26.2 Å². The molecule has 0 saturated carbocycles. The molecule has 4 heteroatoms. The first-order chi connectivity index (χ1) is 8.79. The van der Waals surface area contributed by atoms with E-state index in [2.05, 4.69) is 36.5 Å². The molecule has 0 spiro atoms. The highest BCUT2D eigenvalue weighted by atomic mass is 35.5. The Kier molecular flexibility index (Phi) is 6.89. The van der Waals surface area contributed by atoms with E-state index in [0.717, 1.165) is 39.0 Å². The summed E-state index contributed by atoms with van der Waals surface area (Å²) in [6, 6.07) is 8.60. The summed E-state index contributed by atoms with van der Waals surface area (Å²) in [5.41, 5.74) is 2.61. The molecule has 0 bridgehead atoms. The minimum atomic E-state index is 0. The molecule has 1 aromatic carbocycles. The molecule has 1 aliphatic heterocycles. The van der Waals surface area contributed by atoms with Gasteiger partial charge in [0.05, 0.1) is 0 Å². The van der Waals surface area contributed by atoms with Crippen LogP contribution in [0.25, 0.3) is 0 Å². The van der Waals surface area contributed by atoms with Crippen LogP contribution in [0.2, 0.25) is 0 Å². The van der Waals surface area contributed by atoms with E-state index in [-0.39, 0.29) is 18.3 Å². The SMILES string of the molecule is CCc1ccc(CCC(=O)N2CCNCC2)cc1.Cl. The van der Waals surface area contributed by atoms with E-state index in [1.165, 1.54) is 11.1 Å². The largest absolute Gasteiger partial charge is 0.340 e. The van der Waals surface area contributed by atoms with Crippen LogP contribution >= 0.6 is 12.4 Å². The van der Waals surface area contributed by atoms with Crippen molar-refractivity contribution in [2.45, 2.75) is 26.2 Å². The summed E-state index contributed by atoms with van der Waals surface area (Å²) in [6.07, 6.45) is 2.55. The van der Waals surface area contributed by atoms with Crippen molar-refractivity contribution in [3.63, 3.8) is 0 Å². The van der Waals surface area contributed by atoms with Crippen molar-refractivity contribution in [1.29, 1.82) is 0 Å². The quantitative estimate of drug-likeness (QED) is 0.917. The summed E-state index contributed by atoms with van der Waals surface area (Å²) in [5.74, 6) is 0.288. The van der Waals surface area contributed by atoms with E-state index < -0.39 is 0 Å². The average Bonchev–Trinajstić information content (AvgIpc) is 2.46. The Morgan fingerprint density at radius 3 is 2.32 bits per heavy atom. The lowest BCUT2D eigenvalue weighted by molar-refractivity contribution is -0.131. The van der Waals surface area contributed by atoms with Crippen LogP contribution in [0.5, 0.6) is 0 Å². The fourth-order valence-electron chi connectivity index (χ4n) is 2.27. The van der Waals surface area contributed by atoms with Crippen LogP contribution in [0.1, 0.15) is 24.5 Å². The van der Waals surface area contributed by atoms with Crippen LogP contribution in [-0.4, -0.2) is 37.0 Å². The number of carbonyl (C=O) groups excluding carboxylic acids is 1. The zero-order chi connectivity index (χ0) is 12.8. The molecule has 1 fully saturated rings. The predicted molar refractivity (Wildman–Crippen MR) is 80.8 cm³/mol. The second-order valence-electron chi connectivity index (χ2n) is 4.80. The van der Waals surface area contributed by atoms with Gasteiger partial charge >= 0.3 is 0 Å². The summed E-state index contributed by atoms with van der Waals surface area (Å²) in [4.78, 5) is 14.0. The topological polar surface area (TPSA) is 32.3 Å². The van der Waals surface area contributed by atoms with Gasteiger partial charge in [0.25, 0.3) is 0 Å². The highest BCUT2D eigenvalue weighted by Crippen LogP contribution is 2.08. The van der Waals surface area contributed by atoms with E-state index >= 15 is 0 Å². The van der Waals surface area contributed by atoms with E-state index in [4.69, 9.17) is 0 Å². The molecule has 1 N–H and O–H groups in total. The minimum Gasteiger partial charge on any atom is -0.340 e. The second-order valence-corrected chi connectivity index (χ2v) is 4.80. The van der Waals surface area contributed by atoms with Gasteiger partial charge in [0.2, 0.25) is 5.91 Å². The number of halogens is 1. The molecule has 106 valence electrons. The van der Waals surface area contributed by atoms with Crippen molar-refractivity contribution in [1.82, 2.24) is 10.2 Å². The van der Waals surface area contributed by atoms with Gasteiger partial charge < -0.3 is 10.2 Å². The van der Waals surface area contributed by atoms with Gasteiger partial charge in [0.1, 0.15) is 0 Å². The fraction of sp³-hybridized carbons (Fsp3) is 0.533. The summed E-state index contributed by atoms with van der Waals surface area (Å²) < 4.78 is 0.